The van der Waals surface area contributed by atoms with Crippen molar-refractivity contribution >= 4 is 0 Å². The van der Waals surface area contributed by atoms with Crippen LogP contribution in [-0.2, 0) is 9.47 Å². The van der Waals surface area contributed by atoms with E-state index in [4.69, 9.17) is 9.47 Å². The third-order valence-electron chi connectivity index (χ3n) is 6.06. The van der Waals surface area contributed by atoms with Crippen LogP contribution in [0.3, 0.4) is 0 Å². The lowest BCUT2D eigenvalue weighted by molar-refractivity contribution is -0.301. The van der Waals surface area contributed by atoms with Gasteiger partial charge in [-0.2, -0.15) is 0 Å². The first-order valence-corrected chi connectivity index (χ1v) is 12.4. The Morgan fingerprint density at radius 1 is 0.667 bits per heavy atom. The monoisotopic (exact) mass is 432 g/mol. The Balaban J connectivity index is 1.87. The van der Waals surface area contributed by atoms with Gasteiger partial charge in [0.2, 0.25) is 0 Å². The van der Waals surface area contributed by atoms with Crippen molar-refractivity contribution in [2.75, 3.05) is 13.2 Å². The minimum absolute atomic E-state index is 0.427. The van der Waals surface area contributed by atoms with E-state index < -0.39 is 37.3 Å². The fourth-order valence-electron chi connectivity index (χ4n) is 4.00. The molecule has 30 heavy (non-hydrogen) atoms. The van der Waals surface area contributed by atoms with Crippen molar-refractivity contribution in [3.8, 4) is 0 Å². The molecular formula is C24H48O6. The van der Waals surface area contributed by atoms with Gasteiger partial charge in [-0.15, -0.1) is 0 Å². The fraction of sp³-hybridized carbons (Fsp3) is 1.00. The zero-order chi connectivity index (χ0) is 22.2. The number of unbranched alkanes of at least 4 members (excludes halogenated alkanes) is 12. The van der Waals surface area contributed by atoms with Crippen LogP contribution in [0.5, 0.6) is 0 Å². The van der Waals surface area contributed by atoms with Crippen molar-refractivity contribution in [1.82, 2.24) is 0 Å². The van der Waals surface area contributed by atoms with Gasteiger partial charge in [-0.05, 0) is 12.3 Å². The molecule has 0 saturated carbocycles. The van der Waals surface area contributed by atoms with Crippen molar-refractivity contribution in [3.05, 3.63) is 0 Å². The van der Waals surface area contributed by atoms with Crippen LogP contribution in [0.1, 0.15) is 104 Å². The van der Waals surface area contributed by atoms with Gasteiger partial charge < -0.3 is 29.9 Å². The fourth-order valence-corrected chi connectivity index (χ4v) is 4.00. The summed E-state index contributed by atoms with van der Waals surface area (Å²) in [5, 5.41) is 38.6. The molecule has 1 aliphatic heterocycles. The van der Waals surface area contributed by atoms with Gasteiger partial charge >= 0.3 is 0 Å². The van der Waals surface area contributed by atoms with Crippen LogP contribution in [0.2, 0.25) is 0 Å². The number of aliphatic hydroxyl groups is 4. The highest BCUT2D eigenvalue weighted by molar-refractivity contribution is 4.88. The molecule has 6 heteroatoms. The van der Waals surface area contributed by atoms with E-state index in [9.17, 15) is 20.4 Å². The Morgan fingerprint density at radius 3 is 1.60 bits per heavy atom. The maximum absolute atomic E-state index is 9.91. The maximum Gasteiger partial charge on any atom is 0.186 e. The SMILES string of the molecule is CC(C)CCCCCCCCCCCCCCCO[C@@H]1O[C@H](CO)[C@@H](O)[C@H](O)[C@H]1O. The summed E-state index contributed by atoms with van der Waals surface area (Å²) in [7, 11) is 0. The summed E-state index contributed by atoms with van der Waals surface area (Å²) < 4.78 is 10.8. The summed E-state index contributed by atoms with van der Waals surface area (Å²) in [5.41, 5.74) is 0. The summed E-state index contributed by atoms with van der Waals surface area (Å²) in [5.74, 6) is 0.847. The van der Waals surface area contributed by atoms with Gasteiger partial charge in [-0.1, -0.05) is 97.3 Å². The first-order valence-electron chi connectivity index (χ1n) is 12.4. The zero-order valence-electron chi connectivity index (χ0n) is 19.4. The van der Waals surface area contributed by atoms with Crippen molar-refractivity contribution in [1.29, 1.82) is 0 Å². The average Bonchev–Trinajstić information content (AvgIpc) is 2.73. The zero-order valence-corrected chi connectivity index (χ0v) is 19.4. The normalized spacial score (nSPS) is 27.1. The number of hydrogen-bond acceptors (Lipinski definition) is 6. The molecule has 4 N–H and O–H groups in total. The smallest absolute Gasteiger partial charge is 0.186 e. The number of hydrogen-bond donors (Lipinski definition) is 4. The lowest BCUT2D eigenvalue weighted by atomic mass is 9.99. The Hall–Kier alpha value is -0.240. The third-order valence-corrected chi connectivity index (χ3v) is 6.06. The second kappa shape index (κ2) is 17.3. The Bertz CT molecular complexity index is 390. The van der Waals surface area contributed by atoms with Crippen LogP contribution in [0.4, 0.5) is 0 Å². The predicted octanol–water partition coefficient (Wildman–Crippen LogP) is 3.92. The van der Waals surface area contributed by atoms with Crippen LogP contribution >= 0.6 is 0 Å². The Morgan fingerprint density at radius 2 is 1.13 bits per heavy atom. The molecule has 0 aliphatic carbocycles. The highest BCUT2D eigenvalue weighted by Gasteiger charge is 2.43. The van der Waals surface area contributed by atoms with E-state index in [1.165, 1.54) is 77.0 Å². The molecule has 6 nitrogen and oxygen atoms in total. The quantitative estimate of drug-likeness (QED) is 0.245. The van der Waals surface area contributed by atoms with Crippen molar-refractivity contribution in [2.45, 2.75) is 134 Å². The van der Waals surface area contributed by atoms with Gasteiger partial charge in [0.15, 0.2) is 6.29 Å². The number of rotatable bonds is 18. The predicted molar refractivity (Wildman–Crippen MR) is 119 cm³/mol. The van der Waals surface area contributed by atoms with E-state index in [0.29, 0.717) is 6.61 Å². The summed E-state index contributed by atoms with van der Waals surface area (Å²) in [6.45, 7) is 4.61. The molecule has 1 saturated heterocycles. The van der Waals surface area contributed by atoms with Crippen LogP contribution in [-0.4, -0.2) is 64.3 Å². The van der Waals surface area contributed by atoms with Gasteiger partial charge in [0.05, 0.1) is 6.61 Å². The van der Waals surface area contributed by atoms with Crippen molar-refractivity contribution in [2.24, 2.45) is 5.92 Å². The maximum atomic E-state index is 9.91. The number of ether oxygens (including phenoxy) is 2. The molecule has 0 radical (unpaired) electrons. The Kier molecular flexibility index (Phi) is 16.1. The molecule has 180 valence electrons. The second-order valence-electron chi connectivity index (χ2n) is 9.35. The minimum atomic E-state index is -1.37. The molecular weight excluding hydrogens is 384 g/mol. The molecule has 1 fully saturated rings. The summed E-state index contributed by atoms with van der Waals surface area (Å²) in [4.78, 5) is 0. The first-order chi connectivity index (χ1) is 14.5. The highest BCUT2D eigenvalue weighted by atomic mass is 16.7. The molecule has 0 spiro atoms. The lowest BCUT2D eigenvalue weighted by Crippen LogP contribution is -2.59. The van der Waals surface area contributed by atoms with E-state index in [1.807, 2.05) is 0 Å². The molecule has 1 aliphatic rings. The van der Waals surface area contributed by atoms with E-state index in [-0.39, 0.29) is 0 Å². The summed E-state index contributed by atoms with van der Waals surface area (Å²) in [6.07, 6.45) is 12.1. The second-order valence-corrected chi connectivity index (χ2v) is 9.35. The molecule has 0 amide bonds. The Labute approximate surface area is 184 Å². The molecule has 0 aromatic carbocycles. The summed E-state index contributed by atoms with van der Waals surface area (Å²) >= 11 is 0. The summed E-state index contributed by atoms with van der Waals surface area (Å²) in [6, 6.07) is 0. The highest BCUT2D eigenvalue weighted by Crippen LogP contribution is 2.22. The van der Waals surface area contributed by atoms with Crippen LogP contribution in [0, 0.1) is 5.92 Å². The van der Waals surface area contributed by atoms with Gasteiger partial charge in [0.25, 0.3) is 0 Å². The first kappa shape index (κ1) is 27.8. The molecule has 5 atom stereocenters. The van der Waals surface area contributed by atoms with Gasteiger partial charge in [-0.25, -0.2) is 0 Å². The van der Waals surface area contributed by atoms with Crippen molar-refractivity contribution in [3.63, 3.8) is 0 Å². The van der Waals surface area contributed by atoms with E-state index in [0.717, 1.165) is 18.8 Å². The van der Waals surface area contributed by atoms with Gasteiger partial charge in [-0.3, -0.25) is 0 Å². The van der Waals surface area contributed by atoms with Crippen molar-refractivity contribution < 1.29 is 29.9 Å². The minimum Gasteiger partial charge on any atom is -0.394 e. The van der Waals surface area contributed by atoms with E-state index in [2.05, 4.69) is 13.8 Å². The third kappa shape index (κ3) is 12.0. The average molecular weight is 433 g/mol. The molecule has 1 rings (SSSR count). The van der Waals surface area contributed by atoms with E-state index >= 15 is 0 Å². The lowest BCUT2D eigenvalue weighted by Gasteiger charge is -2.39. The number of aliphatic hydroxyl groups excluding tert-OH is 4. The van der Waals surface area contributed by atoms with Crippen LogP contribution < -0.4 is 0 Å². The van der Waals surface area contributed by atoms with Crippen LogP contribution in [0.25, 0.3) is 0 Å². The molecule has 0 aromatic rings. The van der Waals surface area contributed by atoms with Crippen LogP contribution in [0.15, 0.2) is 0 Å². The molecule has 0 aromatic heterocycles. The topological polar surface area (TPSA) is 99.4 Å². The molecule has 1 heterocycles. The largest absolute Gasteiger partial charge is 0.394 e. The van der Waals surface area contributed by atoms with Gasteiger partial charge in [0.1, 0.15) is 24.4 Å². The van der Waals surface area contributed by atoms with Gasteiger partial charge in [0, 0.05) is 6.61 Å². The van der Waals surface area contributed by atoms with E-state index in [1.54, 1.807) is 0 Å². The molecule has 0 bridgehead atoms. The standard InChI is InChI=1S/C24H48O6/c1-19(2)16-14-12-10-8-6-4-3-5-7-9-11-13-15-17-29-24-23(28)22(27)21(26)20(18-25)30-24/h19-28H,3-18H2,1-2H3/t20-,21-,22+,23-,24-/m1/s1. The molecule has 0 unspecified atom stereocenters.